The summed E-state index contributed by atoms with van der Waals surface area (Å²) in [5, 5.41) is 21.7. The van der Waals surface area contributed by atoms with Crippen molar-refractivity contribution < 1.29 is 13.9 Å². The monoisotopic (exact) mass is 496 g/mol. The van der Waals surface area contributed by atoms with Crippen molar-refractivity contribution in [1.29, 1.82) is 0 Å². The molecular formula is C20H22ClFN6O2S2. The molecule has 0 spiro atoms. The lowest BCUT2D eigenvalue weighted by Crippen LogP contribution is -2.14. The van der Waals surface area contributed by atoms with Gasteiger partial charge in [-0.05, 0) is 31.0 Å². The first-order valence-electron chi connectivity index (χ1n) is 10.2. The average molecular weight is 497 g/mol. The third-order valence-corrected chi connectivity index (χ3v) is 7.47. The predicted octanol–water partition coefficient (Wildman–Crippen LogP) is 4.82. The van der Waals surface area contributed by atoms with Crippen molar-refractivity contribution in [2.24, 2.45) is 7.05 Å². The number of halogens is 2. The number of nitrogens with one attached hydrogen (secondary N) is 1. The molecule has 2 aromatic heterocycles. The summed E-state index contributed by atoms with van der Waals surface area (Å²) in [4.78, 5) is 12.3. The van der Waals surface area contributed by atoms with Crippen molar-refractivity contribution >= 4 is 45.7 Å². The van der Waals surface area contributed by atoms with Crippen molar-refractivity contribution in [2.45, 2.75) is 49.8 Å². The molecule has 32 heavy (non-hydrogen) atoms. The summed E-state index contributed by atoms with van der Waals surface area (Å²) in [7, 11) is 1.78. The molecule has 1 amide bonds. The van der Waals surface area contributed by atoms with Crippen molar-refractivity contribution in [3.63, 3.8) is 0 Å². The van der Waals surface area contributed by atoms with Crippen molar-refractivity contribution in [3.05, 3.63) is 39.9 Å². The maximum absolute atomic E-state index is 13.1. The number of hydrogen-bond donors (Lipinski definition) is 1. The number of nitrogens with zero attached hydrogens (tertiary/aromatic N) is 5. The fourth-order valence-electron chi connectivity index (χ4n) is 3.42. The molecule has 12 heteroatoms. The van der Waals surface area contributed by atoms with Crippen LogP contribution in [0.5, 0.6) is 5.75 Å². The van der Waals surface area contributed by atoms with Crippen LogP contribution in [0.25, 0.3) is 0 Å². The van der Waals surface area contributed by atoms with Crippen LogP contribution in [0.3, 0.4) is 0 Å². The second-order valence-electron chi connectivity index (χ2n) is 7.44. The molecule has 0 atom stereocenters. The van der Waals surface area contributed by atoms with E-state index in [2.05, 4.69) is 25.7 Å². The van der Waals surface area contributed by atoms with E-state index in [0.29, 0.717) is 27.8 Å². The zero-order valence-corrected chi connectivity index (χ0v) is 19.8. The molecule has 1 saturated carbocycles. The molecule has 0 unspecified atom stereocenters. The van der Waals surface area contributed by atoms with E-state index in [0.717, 1.165) is 17.8 Å². The van der Waals surface area contributed by atoms with Crippen molar-refractivity contribution in [2.75, 3.05) is 11.1 Å². The lowest BCUT2D eigenvalue weighted by molar-refractivity contribution is -0.113. The van der Waals surface area contributed by atoms with E-state index in [9.17, 15) is 9.18 Å². The number of rotatable bonds is 8. The minimum Gasteiger partial charge on any atom is -0.484 e. The maximum atomic E-state index is 13.1. The number of anilines is 1. The highest BCUT2D eigenvalue weighted by Crippen LogP contribution is 2.35. The average Bonchev–Trinajstić information content (AvgIpc) is 3.39. The topological polar surface area (TPSA) is 94.8 Å². The third-order valence-electron chi connectivity index (χ3n) is 5.15. The Bertz CT molecular complexity index is 1090. The Morgan fingerprint density at radius 2 is 2.09 bits per heavy atom. The zero-order chi connectivity index (χ0) is 22.5. The maximum Gasteiger partial charge on any atom is 0.236 e. The van der Waals surface area contributed by atoms with Crippen LogP contribution in [0.2, 0.25) is 5.02 Å². The van der Waals surface area contributed by atoms with E-state index < -0.39 is 5.82 Å². The Balaban J connectivity index is 1.27. The van der Waals surface area contributed by atoms with Gasteiger partial charge in [-0.1, -0.05) is 54.0 Å². The minimum absolute atomic E-state index is 0.107. The van der Waals surface area contributed by atoms with Crippen LogP contribution in [-0.2, 0) is 18.4 Å². The fraction of sp³-hybridized carbons (Fsp3) is 0.450. The van der Waals surface area contributed by atoms with Gasteiger partial charge >= 0.3 is 0 Å². The van der Waals surface area contributed by atoms with Crippen LogP contribution in [0.15, 0.2) is 23.4 Å². The van der Waals surface area contributed by atoms with E-state index in [1.54, 1.807) is 11.6 Å². The van der Waals surface area contributed by atoms with Crippen molar-refractivity contribution in [1.82, 2.24) is 25.0 Å². The van der Waals surface area contributed by atoms with Gasteiger partial charge in [0.15, 0.2) is 11.0 Å². The molecule has 2 heterocycles. The number of thioether (sulfide) groups is 1. The summed E-state index contributed by atoms with van der Waals surface area (Å²) in [5.41, 5.74) is 0. The molecule has 1 N–H and O–H groups in total. The highest BCUT2D eigenvalue weighted by atomic mass is 35.5. The summed E-state index contributed by atoms with van der Waals surface area (Å²) >= 11 is 8.69. The Labute approximate surface area is 197 Å². The molecule has 4 rings (SSSR count). The number of hydrogen-bond acceptors (Lipinski definition) is 8. The quantitative estimate of drug-likeness (QED) is 0.447. The molecule has 8 nitrogen and oxygen atoms in total. The van der Waals surface area contributed by atoms with Crippen molar-refractivity contribution in [3.8, 4) is 5.75 Å². The van der Waals surface area contributed by atoms with E-state index in [1.165, 1.54) is 60.6 Å². The first kappa shape index (κ1) is 22.9. The van der Waals surface area contributed by atoms with Gasteiger partial charge in [0.25, 0.3) is 0 Å². The van der Waals surface area contributed by atoms with Crippen LogP contribution in [0, 0.1) is 5.82 Å². The van der Waals surface area contributed by atoms with Gasteiger partial charge in [-0.25, -0.2) is 4.39 Å². The van der Waals surface area contributed by atoms with E-state index >= 15 is 0 Å². The Hall–Kier alpha value is -2.24. The normalized spacial score (nSPS) is 14.5. The second-order valence-corrected chi connectivity index (χ2v) is 9.80. The van der Waals surface area contributed by atoms with Gasteiger partial charge in [-0.2, -0.15) is 0 Å². The number of aromatic nitrogens is 5. The van der Waals surface area contributed by atoms with Crippen LogP contribution < -0.4 is 10.1 Å². The third kappa shape index (κ3) is 5.76. The zero-order valence-electron chi connectivity index (χ0n) is 17.4. The van der Waals surface area contributed by atoms with Gasteiger partial charge in [0.2, 0.25) is 11.0 Å². The number of amides is 1. The molecule has 0 aliphatic heterocycles. The molecule has 0 bridgehead atoms. The highest BCUT2D eigenvalue weighted by Gasteiger charge is 2.20. The predicted molar refractivity (Wildman–Crippen MR) is 122 cm³/mol. The van der Waals surface area contributed by atoms with Gasteiger partial charge in [0.1, 0.15) is 23.2 Å². The standard InChI is InChI=1S/C20H22ClFN6O2S2/c1-28-16(10-30-15-8-7-13(22)9-14(15)21)24-27-20(28)31-11-17(29)23-19-26-25-18(32-19)12-5-3-2-4-6-12/h7-9,12H,2-6,10-11H2,1H3,(H,23,26,29). The smallest absolute Gasteiger partial charge is 0.236 e. The first-order valence-corrected chi connectivity index (χ1v) is 12.4. The molecule has 0 radical (unpaired) electrons. The van der Waals surface area contributed by atoms with E-state index in [4.69, 9.17) is 16.3 Å². The van der Waals surface area contributed by atoms with Gasteiger partial charge in [0.05, 0.1) is 10.8 Å². The Morgan fingerprint density at radius 3 is 2.88 bits per heavy atom. The van der Waals surface area contributed by atoms with Crippen LogP contribution in [0.4, 0.5) is 9.52 Å². The van der Waals surface area contributed by atoms with E-state index in [1.807, 2.05) is 0 Å². The first-order chi connectivity index (χ1) is 15.5. The summed E-state index contributed by atoms with van der Waals surface area (Å²) < 4.78 is 20.5. The molecule has 0 saturated heterocycles. The van der Waals surface area contributed by atoms with Gasteiger partial charge in [0, 0.05) is 13.0 Å². The van der Waals surface area contributed by atoms with Gasteiger partial charge in [-0.3, -0.25) is 10.1 Å². The molecule has 1 fully saturated rings. The largest absolute Gasteiger partial charge is 0.484 e. The summed E-state index contributed by atoms with van der Waals surface area (Å²) in [5.74, 6) is 0.917. The molecule has 170 valence electrons. The summed E-state index contributed by atoms with van der Waals surface area (Å²) in [6, 6.07) is 3.92. The number of ether oxygens (including phenoxy) is 1. The molecule has 1 aliphatic carbocycles. The fourth-order valence-corrected chi connectivity index (χ4v) is 5.30. The second kappa shape index (κ2) is 10.6. The summed E-state index contributed by atoms with van der Waals surface area (Å²) in [6.07, 6.45) is 6.02. The molecular weight excluding hydrogens is 475 g/mol. The lowest BCUT2D eigenvalue weighted by Gasteiger charge is -2.18. The van der Waals surface area contributed by atoms with Crippen LogP contribution in [0.1, 0.15) is 48.9 Å². The summed E-state index contributed by atoms with van der Waals surface area (Å²) in [6.45, 7) is 0.107. The van der Waals surface area contributed by atoms with E-state index in [-0.39, 0.29) is 23.3 Å². The Kier molecular flexibility index (Phi) is 7.59. The number of carbonyl (C=O) groups is 1. The van der Waals surface area contributed by atoms with Gasteiger partial charge in [-0.15, -0.1) is 20.4 Å². The number of carbonyl (C=O) groups excluding carboxylic acids is 1. The number of benzene rings is 1. The molecule has 3 aromatic rings. The lowest BCUT2D eigenvalue weighted by atomic mass is 9.90. The van der Waals surface area contributed by atoms with Crippen LogP contribution in [-0.4, -0.2) is 36.6 Å². The molecule has 1 aromatic carbocycles. The SMILES string of the molecule is Cn1c(COc2ccc(F)cc2Cl)nnc1SCC(=O)Nc1nnc(C2CCCCC2)s1. The highest BCUT2D eigenvalue weighted by molar-refractivity contribution is 7.99. The van der Waals surface area contributed by atoms with Gasteiger partial charge < -0.3 is 9.30 Å². The van der Waals surface area contributed by atoms with Crippen LogP contribution >= 0.6 is 34.7 Å². The Morgan fingerprint density at radius 1 is 1.28 bits per heavy atom. The minimum atomic E-state index is -0.434. The molecule has 1 aliphatic rings.